The van der Waals surface area contributed by atoms with Crippen LogP contribution in [0.4, 0.5) is 4.79 Å². The van der Waals surface area contributed by atoms with Crippen LogP contribution in [0, 0.1) is 0 Å². The predicted molar refractivity (Wildman–Crippen MR) is 50.0 cm³/mol. The summed E-state index contributed by atoms with van der Waals surface area (Å²) < 4.78 is 9.31. The number of nitrogens with zero attached hydrogens (tertiary/aromatic N) is 1. The van der Waals surface area contributed by atoms with E-state index in [4.69, 9.17) is 4.74 Å². The summed E-state index contributed by atoms with van der Waals surface area (Å²) in [5.74, 6) is 0.548. The number of pyridine rings is 1. The van der Waals surface area contributed by atoms with E-state index >= 15 is 0 Å². The average molecular weight is 196 g/mol. The fraction of sp³-hybridized carbons (Fsp3) is 0.333. The Morgan fingerprint density at radius 2 is 2.29 bits per heavy atom. The molecule has 0 atom stereocenters. The molecule has 0 aliphatic carbocycles. The summed E-state index contributed by atoms with van der Waals surface area (Å²) in [7, 11) is 2.87. The van der Waals surface area contributed by atoms with Crippen molar-refractivity contribution < 1.29 is 14.3 Å². The minimum absolute atomic E-state index is 0.393. The Hall–Kier alpha value is -1.78. The fourth-order valence-electron chi connectivity index (χ4n) is 0.883. The van der Waals surface area contributed by atoms with Gasteiger partial charge < -0.3 is 14.8 Å². The van der Waals surface area contributed by atoms with Crippen molar-refractivity contribution in [1.29, 1.82) is 0 Å². The number of nitrogens with one attached hydrogen (secondary N) is 1. The van der Waals surface area contributed by atoms with Gasteiger partial charge in [0.05, 0.1) is 14.2 Å². The zero-order valence-corrected chi connectivity index (χ0v) is 8.11. The van der Waals surface area contributed by atoms with Crippen molar-refractivity contribution >= 4 is 6.09 Å². The van der Waals surface area contributed by atoms with Crippen molar-refractivity contribution in [2.75, 3.05) is 14.2 Å². The molecule has 0 aliphatic heterocycles. The lowest BCUT2D eigenvalue weighted by Gasteiger charge is -2.03. The number of carbonyl (C=O) groups excluding carboxylic acids is 1. The Balaban J connectivity index is 2.47. The second-order valence-corrected chi connectivity index (χ2v) is 2.55. The third-order valence-corrected chi connectivity index (χ3v) is 1.63. The van der Waals surface area contributed by atoms with Crippen molar-refractivity contribution in [3.05, 3.63) is 23.9 Å². The minimum atomic E-state index is -0.458. The van der Waals surface area contributed by atoms with Crippen molar-refractivity contribution in [3.8, 4) is 5.88 Å². The zero-order valence-electron chi connectivity index (χ0n) is 8.11. The molecule has 1 rings (SSSR count). The molecule has 1 aromatic heterocycles. The molecule has 5 heteroatoms. The first kappa shape index (κ1) is 10.3. The quantitative estimate of drug-likeness (QED) is 0.781. The molecule has 14 heavy (non-hydrogen) atoms. The van der Waals surface area contributed by atoms with E-state index in [0.29, 0.717) is 12.4 Å². The summed E-state index contributed by atoms with van der Waals surface area (Å²) in [6.45, 7) is 0.393. The first-order valence-corrected chi connectivity index (χ1v) is 4.07. The number of methoxy groups -OCH3 is 2. The molecular weight excluding hydrogens is 184 g/mol. The van der Waals surface area contributed by atoms with Crippen LogP contribution in [0.15, 0.2) is 18.3 Å². The number of aromatic nitrogens is 1. The van der Waals surface area contributed by atoms with Crippen LogP contribution in [-0.4, -0.2) is 25.3 Å². The third-order valence-electron chi connectivity index (χ3n) is 1.63. The van der Waals surface area contributed by atoms with E-state index in [2.05, 4.69) is 15.0 Å². The van der Waals surface area contributed by atoms with Crippen molar-refractivity contribution in [3.63, 3.8) is 0 Å². The number of hydrogen-bond acceptors (Lipinski definition) is 4. The van der Waals surface area contributed by atoms with Crippen LogP contribution < -0.4 is 10.1 Å². The molecule has 0 spiro atoms. The van der Waals surface area contributed by atoms with Gasteiger partial charge in [-0.2, -0.15) is 0 Å². The number of carbonyl (C=O) groups is 1. The maximum Gasteiger partial charge on any atom is 0.407 e. The minimum Gasteiger partial charge on any atom is -0.481 e. The highest BCUT2D eigenvalue weighted by molar-refractivity contribution is 5.66. The number of amides is 1. The smallest absolute Gasteiger partial charge is 0.407 e. The van der Waals surface area contributed by atoms with E-state index in [1.54, 1.807) is 19.4 Å². The van der Waals surface area contributed by atoms with Crippen LogP contribution in [0.25, 0.3) is 0 Å². The van der Waals surface area contributed by atoms with Gasteiger partial charge >= 0.3 is 6.09 Å². The predicted octanol–water partition coefficient (Wildman–Crippen LogP) is 0.946. The summed E-state index contributed by atoms with van der Waals surface area (Å²) in [5, 5.41) is 2.54. The Bertz CT molecular complexity index is 297. The second kappa shape index (κ2) is 5.06. The van der Waals surface area contributed by atoms with Crippen LogP contribution >= 0.6 is 0 Å². The molecule has 1 heterocycles. The molecule has 0 aliphatic rings. The van der Waals surface area contributed by atoms with Crippen molar-refractivity contribution in [2.45, 2.75) is 6.54 Å². The molecule has 0 radical (unpaired) electrons. The summed E-state index contributed by atoms with van der Waals surface area (Å²) in [6, 6.07) is 3.55. The van der Waals surface area contributed by atoms with E-state index in [-0.39, 0.29) is 0 Å². The molecule has 1 N–H and O–H groups in total. The van der Waals surface area contributed by atoms with Crippen molar-refractivity contribution in [1.82, 2.24) is 10.3 Å². The number of alkyl carbamates (subject to hydrolysis) is 1. The molecule has 0 fully saturated rings. The Labute approximate surface area is 82.0 Å². The van der Waals surface area contributed by atoms with Gasteiger partial charge in [0.25, 0.3) is 0 Å². The highest BCUT2D eigenvalue weighted by Crippen LogP contribution is 2.05. The maximum atomic E-state index is 10.7. The number of hydrogen-bond donors (Lipinski definition) is 1. The summed E-state index contributed by atoms with van der Waals surface area (Å²) in [5.41, 5.74) is 0.885. The van der Waals surface area contributed by atoms with Crippen LogP contribution in [0.5, 0.6) is 5.88 Å². The van der Waals surface area contributed by atoms with Crippen LogP contribution in [0.3, 0.4) is 0 Å². The molecule has 76 valence electrons. The zero-order chi connectivity index (χ0) is 10.4. The first-order chi connectivity index (χ1) is 6.76. The van der Waals surface area contributed by atoms with Gasteiger partial charge in [-0.25, -0.2) is 9.78 Å². The molecule has 0 saturated carbocycles. The summed E-state index contributed by atoms with van der Waals surface area (Å²) >= 11 is 0. The standard InChI is InChI=1S/C9H12N2O3/c1-13-8-4-3-7(5-10-8)6-11-9(12)14-2/h3-5H,6H2,1-2H3,(H,11,12). The average Bonchev–Trinajstić information content (AvgIpc) is 2.26. The van der Waals surface area contributed by atoms with Crippen LogP contribution in [0.2, 0.25) is 0 Å². The van der Waals surface area contributed by atoms with Gasteiger partial charge in [-0.1, -0.05) is 6.07 Å². The van der Waals surface area contributed by atoms with E-state index in [0.717, 1.165) is 5.56 Å². The summed E-state index contributed by atoms with van der Waals surface area (Å²) in [4.78, 5) is 14.7. The molecule has 0 bridgehead atoms. The Morgan fingerprint density at radius 1 is 1.50 bits per heavy atom. The second-order valence-electron chi connectivity index (χ2n) is 2.55. The van der Waals surface area contributed by atoms with E-state index < -0.39 is 6.09 Å². The van der Waals surface area contributed by atoms with E-state index in [1.807, 2.05) is 6.07 Å². The topological polar surface area (TPSA) is 60.5 Å². The highest BCUT2D eigenvalue weighted by atomic mass is 16.5. The Kier molecular flexibility index (Phi) is 3.72. The monoisotopic (exact) mass is 196 g/mol. The van der Waals surface area contributed by atoms with Gasteiger partial charge in [0.2, 0.25) is 5.88 Å². The van der Waals surface area contributed by atoms with Gasteiger partial charge in [0, 0.05) is 18.8 Å². The lowest BCUT2D eigenvalue weighted by molar-refractivity contribution is 0.170. The van der Waals surface area contributed by atoms with Gasteiger partial charge in [-0.15, -0.1) is 0 Å². The summed E-state index contributed by atoms with van der Waals surface area (Å²) in [6.07, 6.45) is 1.18. The normalized spacial score (nSPS) is 9.29. The number of rotatable bonds is 3. The van der Waals surface area contributed by atoms with Gasteiger partial charge in [0.15, 0.2) is 0 Å². The largest absolute Gasteiger partial charge is 0.481 e. The highest BCUT2D eigenvalue weighted by Gasteiger charge is 1.99. The molecule has 1 amide bonds. The number of ether oxygens (including phenoxy) is 2. The van der Waals surface area contributed by atoms with E-state index in [9.17, 15) is 4.79 Å². The van der Waals surface area contributed by atoms with Gasteiger partial charge in [0.1, 0.15) is 0 Å². The fourth-order valence-corrected chi connectivity index (χ4v) is 0.883. The van der Waals surface area contributed by atoms with Gasteiger partial charge in [-0.05, 0) is 5.56 Å². The molecule has 0 saturated heterocycles. The molecule has 0 aromatic carbocycles. The lowest BCUT2D eigenvalue weighted by Crippen LogP contribution is -2.22. The first-order valence-electron chi connectivity index (χ1n) is 4.07. The maximum absolute atomic E-state index is 10.7. The molecule has 5 nitrogen and oxygen atoms in total. The molecule has 0 unspecified atom stereocenters. The van der Waals surface area contributed by atoms with Gasteiger partial charge in [-0.3, -0.25) is 0 Å². The lowest BCUT2D eigenvalue weighted by atomic mass is 10.3. The van der Waals surface area contributed by atoms with Crippen LogP contribution in [0.1, 0.15) is 5.56 Å². The van der Waals surface area contributed by atoms with E-state index in [1.165, 1.54) is 7.11 Å². The Morgan fingerprint density at radius 3 is 2.79 bits per heavy atom. The van der Waals surface area contributed by atoms with Crippen molar-refractivity contribution in [2.24, 2.45) is 0 Å². The third kappa shape index (κ3) is 2.93. The van der Waals surface area contributed by atoms with Crippen LogP contribution in [-0.2, 0) is 11.3 Å². The molecule has 1 aromatic rings. The molecular formula is C9H12N2O3. The SMILES string of the molecule is COC(=O)NCc1ccc(OC)nc1.